The van der Waals surface area contributed by atoms with Crippen LogP contribution in [0.5, 0.6) is 11.8 Å². The highest BCUT2D eigenvalue weighted by Crippen LogP contribution is 2.43. The minimum absolute atomic E-state index is 0.0375. The maximum atomic E-state index is 16.2. The largest absolute Gasteiger partial charge is 0.507 e. The molecule has 8 nitrogen and oxygen atoms in total. The van der Waals surface area contributed by atoms with Crippen LogP contribution in [0.2, 0.25) is 5.02 Å². The molecule has 1 saturated heterocycles. The van der Waals surface area contributed by atoms with E-state index in [-0.39, 0.29) is 52.3 Å². The molecule has 1 amide bonds. The molecule has 0 bridgehead atoms. The van der Waals surface area contributed by atoms with Crippen molar-refractivity contribution in [2.75, 3.05) is 44.2 Å². The zero-order chi connectivity index (χ0) is 29.1. The van der Waals surface area contributed by atoms with Crippen LogP contribution in [0.25, 0.3) is 22.0 Å². The average molecular weight is 574 g/mol. The number of anilines is 1. The Balaban J connectivity index is 1.85. The van der Waals surface area contributed by atoms with E-state index in [4.69, 9.17) is 16.3 Å². The van der Waals surface area contributed by atoms with Crippen LogP contribution in [0.3, 0.4) is 0 Å². The third-order valence-corrected chi connectivity index (χ3v) is 7.56. The van der Waals surface area contributed by atoms with Gasteiger partial charge in [-0.1, -0.05) is 38.1 Å². The molecule has 214 valence electrons. The van der Waals surface area contributed by atoms with Gasteiger partial charge in [0.15, 0.2) is 5.82 Å². The normalized spacial score (nSPS) is 17.5. The van der Waals surface area contributed by atoms with E-state index < -0.39 is 17.4 Å². The molecule has 1 aliphatic rings. The number of nitrogens with zero attached hydrogens (tertiary/aromatic N) is 5. The van der Waals surface area contributed by atoms with Crippen molar-refractivity contribution in [1.29, 1.82) is 0 Å². The van der Waals surface area contributed by atoms with Crippen molar-refractivity contribution in [3.8, 4) is 22.9 Å². The number of ether oxygens (including phenoxy) is 1. The number of benzene rings is 2. The molecular formula is C29H34ClF2N5O3. The summed E-state index contributed by atoms with van der Waals surface area (Å²) in [4.78, 5) is 27.3. The summed E-state index contributed by atoms with van der Waals surface area (Å²) in [6.07, 6.45) is 1.29. The molecule has 2 heterocycles. The molecular weight excluding hydrogens is 540 g/mol. The van der Waals surface area contributed by atoms with Crippen molar-refractivity contribution in [2.45, 2.75) is 39.8 Å². The number of aromatic nitrogens is 2. The maximum absolute atomic E-state index is 16.2. The first-order chi connectivity index (χ1) is 19.1. The van der Waals surface area contributed by atoms with Crippen molar-refractivity contribution in [2.24, 2.45) is 0 Å². The highest BCUT2D eigenvalue weighted by Gasteiger charge is 2.34. The van der Waals surface area contributed by atoms with E-state index in [0.29, 0.717) is 30.8 Å². The second-order valence-corrected chi connectivity index (χ2v) is 10.2. The fourth-order valence-corrected chi connectivity index (χ4v) is 5.58. The van der Waals surface area contributed by atoms with Crippen LogP contribution in [-0.4, -0.2) is 82.2 Å². The van der Waals surface area contributed by atoms with E-state index >= 15 is 4.39 Å². The van der Waals surface area contributed by atoms with E-state index in [1.54, 1.807) is 4.90 Å². The zero-order valence-electron chi connectivity index (χ0n) is 23.1. The molecule has 0 spiro atoms. The summed E-state index contributed by atoms with van der Waals surface area (Å²) in [6, 6.07) is 4.76. The van der Waals surface area contributed by atoms with E-state index in [1.807, 2.05) is 32.6 Å². The van der Waals surface area contributed by atoms with Gasteiger partial charge in [-0.3, -0.25) is 4.79 Å². The summed E-state index contributed by atoms with van der Waals surface area (Å²) in [6.45, 7) is 14.9. The Morgan fingerprint density at radius 1 is 1.20 bits per heavy atom. The van der Waals surface area contributed by atoms with Crippen LogP contribution in [0, 0.1) is 11.6 Å². The van der Waals surface area contributed by atoms with Crippen LogP contribution in [0.15, 0.2) is 36.9 Å². The SMILES string of the molecule is C=CC(=O)N1[C@H](C)CN(c2nc(OCCN(CC)CC)nc3c(F)c(-c4c(O)cccc4F)c(Cl)cc23)C[C@@H]1C. The molecule has 2 atom stereocenters. The number of halogens is 3. The number of carbonyl (C=O) groups excluding carboxylic acids is 1. The van der Waals surface area contributed by atoms with Crippen LogP contribution in [0.4, 0.5) is 14.6 Å². The highest BCUT2D eigenvalue weighted by atomic mass is 35.5. The van der Waals surface area contributed by atoms with Crippen LogP contribution in [0.1, 0.15) is 27.7 Å². The number of phenolic OH excluding ortho intramolecular Hbond substituents is 1. The van der Waals surface area contributed by atoms with Gasteiger partial charge in [0, 0.05) is 42.7 Å². The average Bonchev–Trinajstić information content (AvgIpc) is 2.92. The molecule has 1 aromatic heterocycles. The third-order valence-electron chi connectivity index (χ3n) is 7.26. The van der Waals surface area contributed by atoms with Gasteiger partial charge in [0.25, 0.3) is 0 Å². The molecule has 1 aliphatic heterocycles. The minimum atomic E-state index is -0.901. The number of aromatic hydroxyl groups is 1. The van der Waals surface area contributed by atoms with E-state index in [0.717, 1.165) is 19.2 Å². The Hall–Kier alpha value is -3.50. The number of phenols is 1. The lowest BCUT2D eigenvalue weighted by atomic mass is 10.0. The number of hydrogen-bond acceptors (Lipinski definition) is 7. The predicted octanol–water partition coefficient (Wildman–Crippen LogP) is 5.27. The Bertz CT molecular complexity index is 1390. The maximum Gasteiger partial charge on any atom is 0.319 e. The Kier molecular flexibility index (Phi) is 9.10. The third kappa shape index (κ3) is 5.69. The summed E-state index contributed by atoms with van der Waals surface area (Å²) in [7, 11) is 0. The molecule has 40 heavy (non-hydrogen) atoms. The first-order valence-corrected chi connectivity index (χ1v) is 13.7. The number of rotatable bonds is 9. The molecule has 0 unspecified atom stereocenters. The standard InChI is InChI=1S/C29H34ClF2N5O3/c1-6-23(39)37-17(4)15-36(16-18(37)5)28-19-14-20(30)24(25-21(31)10-9-11-22(25)38)26(32)27(19)33-29(34-28)40-13-12-35(7-2)8-3/h6,9-11,14,17-18,38H,1,7-8,12-13,15-16H2,2-5H3/t17-,18+. The van der Waals surface area contributed by atoms with E-state index in [1.165, 1.54) is 24.3 Å². The van der Waals surface area contributed by atoms with Crippen molar-refractivity contribution in [1.82, 2.24) is 19.8 Å². The lowest BCUT2D eigenvalue weighted by Crippen LogP contribution is -2.58. The van der Waals surface area contributed by atoms with Crippen molar-refractivity contribution in [3.05, 3.63) is 53.6 Å². The lowest BCUT2D eigenvalue weighted by molar-refractivity contribution is -0.130. The lowest BCUT2D eigenvalue weighted by Gasteiger charge is -2.44. The van der Waals surface area contributed by atoms with Crippen molar-refractivity contribution >= 4 is 34.2 Å². The Morgan fingerprint density at radius 3 is 2.48 bits per heavy atom. The van der Waals surface area contributed by atoms with Gasteiger partial charge in [-0.2, -0.15) is 9.97 Å². The van der Waals surface area contributed by atoms with Crippen LogP contribution >= 0.6 is 11.6 Å². The monoisotopic (exact) mass is 573 g/mol. The Morgan fingerprint density at radius 2 is 1.88 bits per heavy atom. The van der Waals surface area contributed by atoms with Crippen LogP contribution in [-0.2, 0) is 4.79 Å². The highest BCUT2D eigenvalue weighted by molar-refractivity contribution is 6.34. The predicted molar refractivity (Wildman–Crippen MR) is 153 cm³/mol. The van der Waals surface area contributed by atoms with E-state index in [9.17, 15) is 14.3 Å². The van der Waals surface area contributed by atoms with Gasteiger partial charge in [-0.25, -0.2) is 8.78 Å². The van der Waals surface area contributed by atoms with Crippen LogP contribution < -0.4 is 9.64 Å². The number of fused-ring (bicyclic) bond motifs is 1. The fraction of sp³-hybridized carbons (Fsp3) is 0.414. The first kappa shape index (κ1) is 29.5. The van der Waals surface area contributed by atoms with Gasteiger partial charge in [0.1, 0.15) is 29.5 Å². The summed E-state index contributed by atoms with van der Waals surface area (Å²) in [5.74, 6) is -1.96. The number of carbonyl (C=O) groups is 1. The molecule has 3 aromatic rings. The molecule has 4 rings (SSSR count). The van der Waals surface area contributed by atoms with Gasteiger partial charge in [0.2, 0.25) is 5.91 Å². The van der Waals surface area contributed by atoms with Crippen molar-refractivity contribution < 1.29 is 23.4 Å². The molecule has 0 saturated carbocycles. The molecule has 0 aliphatic carbocycles. The molecule has 1 fully saturated rings. The summed E-state index contributed by atoms with van der Waals surface area (Å²) in [5, 5.41) is 10.6. The van der Waals surface area contributed by atoms with Gasteiger partial charge in [-0.15, -0.1) is 0 Å². The zero-order valence-corrected chi connectivity index (χ0v) is 23.9. The van der Waals surface area contributed by atoms with Gasteiger partial charge in [-0.05, 0) is 51.2 Å². The van der Waals surface area contributed by atoms with Crippen molar-refractivity contribution in [3.63, 3.8) is 0 Å². The number of piperazine rings is 1. The molecule has 1 N–H and O–H groups in total. The minimum Gasteiger partial charge on any atom is -0.507 e. The van der Waals surface area contributed by atoms with E-state index in [2.05, 4.69) is 21.4 Å². The molecule has 2 aromatic carbocycles. The summed E-state index contributed by atoms with van der Waals surface area (Å²) < 4.78 is 36.9. The smallest absolute Gasteiger partial charge is 0.319 e. The Labute approximate surface area is 237 Å². The number of amides is 1. The van der Waals surface area contributed by atoms with Gasteiger partial charge < -0.3 is 24.5 Å². The molecule has 0 radical (unpaired) electrons. The number of hydrogen-bond donors (Lipinski definition) is 1. The number of likely N-dealkylation sites (N-methyl/N-ethyl adjacent to an activating group) is 1. The topological polar surface area (TPSA) is 82.0 Å². The summed E-state index contributed by atoms with van der Waals surface area (Å²) >= 11 is 6.54. The quantitative estimate of drug-likeness (QED) is 0.349. The first-order valence-electron chi connectivity index (χ1n) is 13.3. The summed E-state index contributed by atoms with van der Waals surface area (Å²) in [5.41, 5.74) is -0.767. The second-order valence-electron chi connectivity index (χ2n) is 9.84. The second kappa shape index (κ2) is 12.3. The fourth-order valence-electron chi connectivity index (χ4n) is 5.30. The van der Waals surface area contributed by atoms with Gasteiger partial charge >= 0.3 is 6.01 Å². The molecule has 11 heteroatoms. The van der Waals surface area contributed by atoms with Gasteiger partial charge in [0.05, 0.1) is 10.6 Å².